The molecule has 0 amide bonds. The van der Waals surface area contributed by atoms with E-state index in [0.29, 0.717) is 0 Å². The molecule has 2 unspecified atom stereocenters. The van der Waals surface area contributed by atoms with E-state index in [9.17, 15) is 0 Å². The molecule has 0 aromatic heterocycles. The Morgan fingerprint density at radius 2 is 1.86 bits per heavy atom. The van der Waals surface area contributed by atoms with Gasteiger partial charge in [-0.2, -0.15) is 0 Å². The Balaban J connectivity index is 2.28. The van der Waals surface area contributed by atoms with E-state index in [-0.39, 0.29) is 5.41 Å². The van der Waals surface area contributed by atoms with E-state index >= 15 is 0 Å². The van der Waals surface area contributed by atoms with Gasteiger partial charge in [-0.25, -0.2) is 0 Å². The van der Waals surface area contributed by atoms with E-state index in [4.69, 9.17) is 0 Å². The van der Waals surface area contributed by atoms with Gasteiger partial charge in [-0.05, 0) is 34.8 Å². The molecule has 0 radical (unpaired) electrons. The Labute approximate surface area is 87.3 Å². The van der Waals surface area contributed by atoms with Crippen LogP contribution in [0.15, 0.2) is 24.3 Å². The average Bonchev–Trinajstić information content (AvgIpc) is 2.82. The molecule has 76 valence electrons. The summed E-state index contributed by atoms with van der Waals surface area (Å²) in [7, 11) is 0. The van der Waals surface area contributed by atoms with Crippen molar-refractivity contribution in [1.82, 2.24) is 0 Å². The lowest BCUT2D eigenvalue weighted by atomic mass is 9.85. The Morgan fingerprint density at radius 3 is 2.36 bits per heavy atom. The molecular formula is C14H20. The molecule has 0 aliphatic heterocycles. The third kappa shape index (κ3) is 1.84. The first-order chi connectivity index (χ1) is 6.48. The van der Waals surface area contributed by atoms with E-state index in [1.165, 1.54) is 12.0 Å². The lowest BCUT2D eigenvalue weighted by Crippen LogP contribution is -2.11. The third-order valence-corrected chi connectivity index (χ3v) is 3.29. The van der Waals surface area contributed by atoms with Gasteiger partial charge in [-0.3, -0.25) is 0 Å². The summed E-state index contributed by atoms with van der Waals surface area (Å²) in [6.45, 7) is 9.18. The van der Waals surface area contributed by atoms with Crippen LogP contribution in [0.25, 0.3) is 0 Å². The summed E-state index contributed by atoms with van der Waals surface area (Å²) in [4.78, 5) is 0. The molecule has 14 heavy (non-hydrogen) atoms. The normalized spacial score (nSPS) is 26.3. The Kier molecular flexibility index (Phi) is 2.17. The molecule has 1 saturated carbocycles. The SMILES string of the molecule is CC1CC1c1cccc(C(C)(C)C)c1. The van der Waals surface area contributed by atoms with Crippen molar-refractivity contribution < 1.29 is 0 Å². The van der Waals surface area contributed by atoms with Crippen LogP contribution >= 0.6 is 0 Å². The van der Waals surface area contributed by atoms with E-state index in [2.05, 4.69) is 52.0 Å². The molecule has 0 nitrogen and oxygen atoms in total. The van der Waals surface area contributed by atoms with Gasteiger partial charge in [0.25, 0.3) is 0 Å². The van der Waals surface area contributed by atoms with Crippen LogP contribution in [0.5, 0.6) is 0 Å². The maximum Gasteiger partial charge on any atom is -0.0132 e. The van der Waals surface area contributed by atoms with Crippen LogP contribution in [0, 0.1) is 5.92 Å². The minimum absolute atomic E-state index is 0.286. The number of rotatable bonds is 1. The largest absolute Gasteiger partial charge is 0.0619 e. The fourth-order valence-electron chi connectivity index (χ4n) is 2.02. The fourth-order valence-corrected chi connectivity index (χ4v) is 2.02. The third-order valence-electron chi connectivity index (χ3n) is 3.29. The molecule has 1 aliphatic rings. The second kappa shape index (κ2) is 3.12. The van der Waals surface area contributed by atoms with E-state index in [0.717, 1.165) is 11.8 Å². The summed E-state index contributed by atoms with van der Waals surface area (Å²) in [6.07, 6.45) is 1.38. The van der Waals surface area contributed by atoms with Crippen LogP contribution in [0.1, 0.15) is 51.2 Å². The van der Waals surface area contributed by atoms with Crippen molar-refractivity contribution in [3.63, 3.8) is 0 Å². The molecule has 0 bridgehead atoms. The maximum atomic E-state index is 2.40. The Bertz CT molecular complexity index is 330. The molecule has 0 spiro atoms. The first-order valence-electron chi connectivity index (χ1n) is 5.59. The Morgan fingerprint density at radius 1 is 1.21 bits per heavy atom. The molecular weight excluding hydrogens is 168 g/mol. The van der Waals surface area contributed by atoms with Crippen LogP contribution in [0.2, 0.25) is 0 Å². The molecule has 0 N–H and O–H groups in total. The van der Waals surface area contributed by atoms with Crippen LogP contribution in [-0.4, -0.2) is 0 Å². The zero-order chi connectivity index (χ0) is 10.3. The number of hydrogen-bond donors (Lipinski definition) is 0. The smallest absolute Gasteiger partial charge is 0.0132 e. The minimum atomic E-state index is 0.286. The molecule has 0 heteroatoms. The van der Waals surface area contributed by atoms with E-state index in [1.54, 1.807) is 5.56 Å². The van der Waals surface area contributed by atoms with Gasteiger partial charge in [0, 0.05) is 0 Å². The zero-order valence-corrected chi connectivity index (χ0v) is 9.67. The predicted octanol–water partition coefficient (Wildman–Crippen LogP) is 4.11. The molecule has 1 aromatic carbocycles. The van der Waals surface area contributed by atoms with Gasteiger partial charge in [0.05, 0.1) is 0 Å². The van der Waals surface area contributed by atoms with Gasteiger partial charge in [-0.15, -0.1) is 0 Å². The van der Waals surface area contributed by atoms with Crippen molar-refractivity contribution in [3.05, 3.63) is 35.4 Å². The first kappa shape index (κ1) is 9.76. The zero-order valence-electron chi connectivity index (χ0n) is 9.67. The molecule has 2 rings (SSSR count). The van der Waals surface area contributed by atoms with Gasteiger partial charge in [0.2, 0.25) is 0 Å². The topological polar surface area (TPSA) is 0 Å². The molecule has 1 fully saturated rings. The summed E-state index contributed by atoms with van der Waals surface area (Å²) in [5, 5.41) is 0. The monoisotopic (exact) mass is 188 g/mol. The van der Waals surface area contributed by atoms with Crippen LogP contribution in [0.3, 0.4) is 0 Å². The highest BCUT2D eigenvalue weighted by atomic mass is 14.4. The minimum Gasteiger partial charge on any atom is -0.0619 e. The standard InChI is InChI=1S/C14H20/c1-10-8-13(10)11-6-5-7-12(9-11)14(2,3)4/h5-7,9-10,13H,8H2,1-4H3. The summed E-state index contributed by atoms with van der Waals surface area (Å²) in [5.74, 6) is 1.75. The average molecular weight is 188 g/mol. The van der Waals surface area contributed by atoms with Crippen molar-refractivity contribution in [2.45, 2.75) is 45.4 Å². The van der Waals surface area contributed by atoms with E-state index < -0.39 is 0 Å². The van der Waals surface area contributed by atoms with Gasteiger partial charge in [0.1, 0.15) is 0 Å². The summed E-state index contributed by atoms with van der Waals surface area (Å²) in [6, 6.07) is 9.13. The van der Waals surface area contributed by atoms with Gasteiger partial charge < -0.3 is 0 Å². The Hall–Kier alpha value is -0.780. The molecule has 1 aromatic rings. The fraction of sp³-hybridized carbons (Fsp3) is 0.571. The van der Waals surface area contributed by atoms with E-state index in [1.807, 2.05) is 0 Å². The van der Waals surface area contributed by atoms with Crippen molar-refractivity contribution in [2.75, 3.05) is 0 Å². The van der Waals surface area contributed by atoms with Crippen LogP contribution in [-0.2, 0) is 5.41 Å². The summed E-state index contributed by atoms with van der Waals surface area (Å²) >= 11 is 0. The lowest BCUT2D eigenvalue weighted by Gasteiger charge is -2.19. The van der Waals surface area contributed by atoms with Crippen LogP contribution < -0.4 is 0 Å². The molecule has 1 aliphatic carbocycles. The van der Waals surface area contributed by atoms with Crippen LogP contribution in [0.4, 0.5) is 0 Å². The lowest BCUT2D eigenvalue weighted by molar-refractivity contribution is 0.589. The number of hydrogen-bond acceptors (Lipinski definition) is 0. The highest BCUT2D eigenvalue weighted by molar-refractivity contribution is 5.33. The summed E-state index contributed by atoms with van der Waals surface area (Å²) < 4.78 is 0. The highest BCUT2D eigenvalue weighted by Gasteiger charge is 2.34. The first-order valence-corrected chi connectivity index (χ1v) is 5.59. The molecule has 0 heterocycles. The van der Waals surface area contributed by atoms with Crippen molar-refractivity contribution in [3.8, 4) is 0 Å². The summed E-state index contributed by atoms with van der Waals surface area (Å²) in [5.41, 5.74) is 3.30. The molecule has 2 atom stereocenters. The maximum absolute atomic E-state index is 2.40. The van der Waals surface area contributed by atoms with Gasteiger partial charge >= 0.3 is 0 Å². The second-order valence-electron chi connectivity index (χ2n) is 5.69. The quantitative estimate of drug-likeness (QED) is 0.622. The molecule has 0 saturated heterocycles. The highest BCUT2D eigenvalue weighted by Crippen LogP contribution is 2.47. The van der Waals surface area contributed by atoms with Crippen molar-refractivity contribution >= 4 is 0 Å². The van der Waals surface area contributed by atoms with Crippen molar-refractivity contribution in [2.24, 2.45) is 5.92 Å². The number of benzene rings is 1. The second-order valence-corrected chi connectivity index (χ2v) is 5.69. The van der Waals surface area contributed by atoms with Gasteiger partial charge in [-0.1, -0.05) is 52.0 Å². The van der Waals surface area contributed by atoms with Gasteiger partial charge in [0.15, 0.2) is 0 Å². The predicted molar refractivity (Wildman–Crippen MR) is 61.7 cm³/mol. The van der Waals surface area contributed by atoms with Crippen molar-refractivity contribution in [1.29, 1.82) is 0 Å².